The predicted octanol–water partition coefficient (Wildman–Crippen LogP) is 0.264. The number of hydrogen-bond donors (Lipinski definition) is 2. The van der Waals surface area contributed by atoms with Crippen molar-refractivity contribution in [3.8, 4) is 0 Å². The van der Waals surface area contributed by atoms with Crippen molar-refractivity contribution in [2.75, 3.05) is 46.1 Å². The highest BCUT2D eigenvalue weighted by atomic mass is 32.2. The van der Waals surface area contributed by atoms with Crippen LogP contribution in [0.2, 0.25) is 0 Å². The highest BCUT2D eigenvalue weighted by Crippen LogP contribution is 2.15. The summed E-state index contributed by atoms with van der Waals surface area (Å²) in [4.78, 5) is 1.79. The molecule has 0 bridgehead atoms. The Labute approximate surface area is 118 Å². The fourth-order valence-corrected chi connectivity index (χ4v) is 2.52. The van der Waals surface area contributed by atoms with Crippen molar-refractivity contribution in [3.05, 3.63) is 24.0 Å². The van der Waals surface area contributed by atoms with Gasteiger partial charge in [-0.3, -0.25) is 0 Å². The van der Waals surface area contributed by atoms with Crippen LogP contribution in [0.3, 0.4) is 0 Å². The van der Waals surface area contributed by atoms with Gasteiger partial charge in [-0.05, 0) is 25.2 Å². The predicted molar refractivity (Wildman–Crippen MR) is 75.4 cm³/mol. The largest absolute Gasteiger partial charge is 0.396 e. The number of anilines is 1. The molecule has 8 heteroatoms. The molecule has 0 radical (unpaired) electrons. The Balaban J connectivity index is 2.55. The van der Waals surface area contributed by atoms with Crippen LogP contribution in [0, 0.1) is 5.82 Å². The summed E-state index contributed by atoms with van der Waals surface area (Å²) in [5.41, 5.74) is 5.23. The van der Waals surface area contributed by atoms with Crippen LogP contribution in [-0.2, 0) is 14.8 Å². The first-order valence-corrected chi connectivity index (χ1v) is 7.57. The van der Waals surface area contributed by atoms with E-state index in [1.807, 2.05) is 11.9 Å². The van der Waals surface area contributed by atoms with Crippen LogP contribution < -0.4 is 10.5 Å². The number of methoxy groups -OCH3 is 1. The van der Waals surface area contributed by atoms with E-state index in [4.69, 9.17) is 10.5 Å². The normalized spacial score (nSPS) is 12.0. The van der Waals surface area contributed by atoms with Gasteiger partial charge in [-0.25, -0.2) is 17.5 Å². The first-order chi connectivity index (χ1) is 9.36. The van der Waals surface area contributed by atoms with E-state index in [2.05, 4.69) is 4.72 Å². The number of hydrogen-bond acceptors (Lipinski definition) is 5. The number of nitrogens with one attached hydrogen (secondary N) is 1. The van der Waals surface area contributed by atoms with Gasteiger partial charge in [-0.15, -0.1) is 0 Å². The van der Waals surface area contributed by atoms with Crippen molar-refractivity contribution >= 4 is 15.7 Å². The van der Waals surface area contributed by atoms with E-state index >= 15 is 0 Å². The number of rotatable bonds is 8. The molecule has 0 saturated heterocycles. The highest BCUT2D eigenvalue weighted by Gasteiger charge is 2.15. The van der Waals surface area contributed by atoms with Crippen LogP contribution in [-0.4, -0.2) is 53.7 Å². The maximum absolute atomic E-state index is 13.3. The van der Waals surface area contributed by atoms with Gasteiger partial charge in [0.1, 0.15) is 5.82 Å². The van der Waals surface area contributed by atoms with E-state index in [9.17, 15) is 12.8 Å². The Morgan fingerprint density at radius 1 is 1.40 bits per heavy atom. The Hall–Kier alpha value is -1.22. The minimum atomic E-state index is -3.72. The van der Waals surface area contributed by atoms with E-state index < -0.39 is 15.8 Å². The van der Waals surface area contributed by atoms with E-state index in [0.717, 1.165) is 6.07 Å². The summed E-state index contributed by atoms with van der Waals surface area (Å²) in [7, 11) is -0.258. The van der Waals surface area contributed by atoms with Crippen LogP contribution in [0.25, 0.3) is 0 Å². The molecule has 6 nitrogen and oxygen atoms in total. The molecule has 0 aliphatic heterocycles. The van der Waals surface area contributed by atoms with Gasteiger partial charge >= 0.3 is 0 Å². The molecule has 1 aromatic carbocycles. The lowest BCUT2D eigenvalue weighted by atomic mass is 10.3. The van der Waals surface area contributed by atoms with E-state index in [1.54, 1.807) is 7.11 Å². The van der Waals surface area contributed by atoms with E-state index in [0.29, 0.717) is 19.7 Å². The standard InChI is InChI=1S/C12H20FN3O3S/c1-16(7-8-19-2)6-5-15-20(17,18)10-3-4-12(14)11(13)9-10/h3-4,9,15H,5-8,14H2,1-2H3. The monoisotopic (exact) mass is 305 g/mol. The first-order valence-electron chi connectivity index (χ1n) is 6.09. The number of benzene rings is 1. The lowest BCUT2D eigenvalue weighted by molar-refractivity contribution is 0.162. The molecule has 1 aromatic rings. The second kappa shape index (κ2) is 7.53. The van der Waals surface area contributed by atoms with Crippen LogP contribution in [0.1, 0.15) is 0 Å². The third kappa shape index (κ3) is 5.04. The fourth-order valence-electron chi connectivity index (χ4n) is 1.49. The van der Waals surface area contributed by atoms with Crippen molar-refractivity contribution in [3.63, 3.8) is 0 Å². The Bertz CT molecular complexity index is 537. The number of halogens is 1. The summed E-state index contributed by atoms with van der Waals surface area (Å²) in [6, 6.07) is 3.41. The number of sulfonamides is 1. The second-order valence-electron chi connectivity index (χ2n) is 4.38. The Morgan fingerprint density at radius 3 is 2.70 bits per heavy atom. The van der Waals surface area contributed by atoms with Gasteiger partial charge in [0.15, 0.2) is 0 Å². The minimum absolute atomic E-state index is 0.0803. The van der Waals surface area contributed by atoms with Crippen LogP contribution >= 0.6 is 0 Å². The number of ether oxygens (including phenoxy) is 1. The van der Waals surface area contributed by atoms with Crippen LogP contribution in [0.4, 0.5) is 10.1 Å². The molecule has 0 unspecified atom stereocenters. The highest BCUT2D eigenvalue weighted by molar-refractivity contribution is 7.89. The molecule has 0 atom stereocenters. The molecule has 20 heavy (non-hydrogen) atoms. The molecule has 0 aliphatic rings. The van der Waals surface area contributed by atoms with E-state index in [-0.39, 0.29) is 17.1 Å². The molecule has 0 spiro atoms. The summed E-state index contributed by atoms with van der Waals surface area (Å²) in [6.07, 6.45) is 0. The molecule has 0 amide bonds. The number of nitrogens with two attached hydrogens (primary N) is 1. The average Bonchev–Trinajstić information content (AvgIpc) is 2.39. The molecule has 3 N–H and O–H groups in total. The van der Waals surface area contributed by atoms with Gasteiger partial charge in [0.25, 0.3) is 0 Å². The van der Waals surface area contributed by atoms with E-state index in [1.165, 1.54) is 12.1 Å². The average molecular weight is 305 g/mol. The Morgan fingerprint density at radius 2 is 2.10 bits per heavy atom. The zero-order chi connectivity index (χ0) is 15.2. The van der Waals surface area contributed by atoms with Crippen molar-refractivity contribution in [1.82, 2.24) is 9.62 Å². The zero-order valence-corrected chi connectivity index (χ0v) is 12.4. The minimum Gasteiger partial charge on any atom is -0.396 e. The quantitative estimate of drug-likeness (QED) is 0.673. The molecule has 0 saturated carbocycles. The van der Waals surface area contributed by atoms with Crippen molar-refractivity contribution in [2.45, 2.75) is 4.90 Å². The SMILES string of the molecule is COCCN(C)CCNS(=O)(=O)c1ccc(N)c(F)c1. The third-order valence-corrected chi connectivity index (χ3v) is 4.20. The molecule has 0 fully saturated rings. The number of nitrogen functional groups attached to an aromatic ring is 1. The molecule has 0 heterocycles. The molecular formula is C12H20FN3O3S. The van der Waals surface area contributed by atoms with Gasteiger partial charge in [0.2, 0.25) is 10.0 Å². The summed E-state index contributed by atoms with van der Waals surface area (Å²) in [5, 5.41) is 0. The molecule has 114 valence electrons. The molecule has 0 aromatic heterocycles. The summed E-state index contributed by atoms with van der Waals surface area (Å²) in [5.74, 6) is -0.745. The summed E-state index contributed by atoms with van der Waals surface area (Å²) < 4.78 is 44.4. The van der Waals surface area contributed by atoms with Crippen molar-refractivity contribution in [2.24, 2.45) is 0 Å². The van der Waals surface area contributed by atoms with Crippen LogP contribution in [0.5, 0.6) is 0 Å². The number of likely N-dealkylation sites (N-methyl/N-ethyl adjacent to an activating group) is 1. The smallest absolute Gasteiger partial charge is 0.240 e. The third-order valence-electron chi connectivity index (χ3n) is 2.74. The first kappa shape index (κ1) is 16.8. The fraction of sp³-hybridized carbons (Fsp3) is 0.500. The molecule has 1 rings (SSSR count). The van der Waals surface area contributed by atoms with Gasteiger partial charge in [-0.2, -0.15) is 0 Å². The van der Waals surface area contributed by atoms with Gasteiger partial charge < -0.3 is 15.4 Å². The second-order valence-corrected chi connectivity index (χ2v) is 6.14. The van der Waals surface area contributed by atoms with Crippen LogP contribution in [0.15, 0.2) is 23.1 Å². The van der Waals surface area contributed by atoms with Gasteiger partial charge in [-0.1, -0.05) is 0 Å². The number of nitrogens with zero attached hydrogens (tertiary/aromatic N) is 1. The Kier molecular flexibility index (Phi) is 6.34. The lowest BCUT2D eigenvalue weighted by Gasteiger charge is -2.16. The maximum Gasteiger partial charge on any atom is 0.240 e. The maximum atomic E-state index is 13.3. The molecule has 0 aliphatic carbocycles. The summed E-state index contributed by atoms with van der Waals surface area (Å²) >= 11 is 0. The van der Waals surface area contributed by atoms with Crippen molar-refractivity contribution < 1.29 is 17.5 Å². The lowest BCUT2D eigenvalue weighted by Crippen LogP contribution is -2.34. The van der Waals surface area contributed by atoms with Gasteiger partial charge in [0, 0.05) is 26.7 Å². The van der Waals surface area contributed by atoms with Crippen molar-refractivity contribution in [1.29, 1.82) is 0 Å². The van der Waals surface area contributed by atoms with Gasteiger partial charge in [0.05, 0.1) is 17.2 Å². The summed E-state index contributed by atoms with van der Waals surface area (Å²) in [6.45, 7) is 2.04. The molecular weight excluding hydrogens is 285 g/mol. The topological polar surface area (TPSA) is 84.7 Å². The zero-order valence-electron chi connectivity index (χ0n) is 11.6.